The molecule has 0 saturated heterocycles. The summed E-state index contributed by atoms with van der Waals surface area (Å²) in [4.78, 5) is 11.8. The van der Waals surface area contributed by atoms with Gasteiger partial charge in [0.05, 0.1) is 6.04 Å². The van der Waals surface area contributed by atoms with Crippen molar-refractivity contribution in [3.05, 3.63) is 35.4 Å². The van der Waals surface area contributed by atoms with Crippen LogP contribution in [0.15, 0.2) is 24.3 Å². The zero-order valence-corrected chi connectivity index (χ0v) is 11.3. The van der Waals surface area contributed by atoms with E-state index in [1.807, 2.05) is 26.8 Å². The zero-order chi connectivity index (χ0) is 13.2. The summed E-state index contributed by atoms with van der Waals surface area (Å²) in [6, 6.07) is 8.39. The van der Waals surface area contributed by atoms with E-state index in [0.29, 0.717) is 0 Å². The highest BCUT2D eigenvalue weighted by Gasteiger charge is 2.24. The molecule has 0 spiro atoms. The number of carbonyl (C=O) groups is 1. The van der Waals surface area contributed by atoms with E-state index in [0.717, 1.165) is 19.3 Å². The summed E-state index contributed by atoms with van der Waals surface area (Å²) in [7, 11) is 0. The van der Waals surface area contributed by atoms with E-state index in [1.165, 1.54) is 11.1 Å². The van der Waals surface area contributed by atoms with Crippen LogP contribution < -0.4 is 5.32 Å². The number of hydrogen-bond donors (Lipinski definition) is 1. The van der Waals surface area contributed by atoms with E-state index >= 15 is 0 Å². The summed E-state index contributed by atoms with van der Waals surface area (Å²) in [6.45, 7) is 5.63. The lowest BCUT2D eigenvalue weighted by Gasteiger charge is -2.28. The molecule has 3 nitrogen and oxygen atoms in total. The first-order valence-electron chi connectivity index (χ1n) is 6.53. The molecule has 1 aliphatic rings. The Morgan fingerprint density at radius 3 is 2.78 bits per heavy atom. The van der Waals surface area contributed by atoms with Crippen LogP contribution in [0.25, 0.3) is 0 Å². The van der Waals surface area contributed by atoms with Crippen molar-refractivity contribution in [2.24, 2.45) is 0 Å². The molecule has 0 fully saturated rings. The quantitative estimate of drug-likeness (QED) is 0.823. The van der Waals surface area contributed by atoms with Crippen molar-refractivity contribution in [1.82, 2.24) is 5.32 Å². The van der Waals surface area contributed by atoms with Crippen molar-refractivity contribution >= 4 is 6.09 Å². The lowest BCUT2D eigenvalue weighted by atomic mass is 9.88. The minimum Gasteiger partial charge on any atom is -0.444 e. The van der Waals surface area contributed by atoms with Gasteiger partial charge in [-0.05, 0) is 51.2 Å². The molecule has 0 unspecified atom stereocenters. The van der Waals surface area contributed by atoms with Crippen molar-refractivity contribution in [2.45, 2.75) is 51.7 Å². The van der Waals surface area contributed by atoms with Gasteiger partial charge < -0.3 is 10.1 Å². The van der Waals surface area contributed by atoms with E-state index in [1.54, 1.807) is 0 Å². The Hall–Kier alpha value is -1.51. The first kappa shape index (κ1) is 12.9. The van der Waals surface area contributed by atoms with Gasteiger partial charge in [0.25, 0.3) is 0 Å². The van der Waals surface area contributed by atoms with E-state index < -0.39 is 5.60 Å². The molecule has 0 radical (unpaired) electrons. The second kappa shape index (κ2) is 5.01. The third-order valence-electron chi connectivity index (χ3n) is 3.06. The van der Waals surface area contributed by atoms with Crippen LogP contribution in [0.3, 0.4) is 0 Å². The summed E-state index contributed by atoms with van der Waals surface area (Å²) in [5, 5.41) is 2.97. The first-order chi connectivity index (χ1) is 8.46. The van der Waals surface area contributed by atoms with Crippen molar-refractivity contribution in [2.75, 3.05) is 0 Å². The van der Waals surface area contributed by atoms with Gasteiger partial charge in [-0.15, -0.1) is 0 Å². The molecule has 1 aromatic rings. The Morgan fingerprint density at radius 1 is 1.33 bits per heavy atom. The maximum Gasteiger partial charge on any atom is 0.408 e. The predicted octanol–water partition coefficient (Wildman–Crippen LogP) is 3.59. The molecule has 0 heterocycles. The van der Waals surface area contributed by atoms with Crippen LogP contribution in [0, 0.1) is 0 Å². The van der Waals surface area contributed by atoms with Crippen molar-refractivity contribution in [3.63, 3.8) is 0 Å². The molecular weight excluding hydrogens is 226 g/mol. The lowest BCUT2D eigenvalue weighted by Crippen LogP contribution is -2.36. The smallest absolute Gasteiger partial charge is 0.408 e. The van der Waals surface area contributed by atoms with Gasteiger partial charge >= 0.3 is 6.09 Å². The number of ether oxygens (including phenoxy) is 1. The van der Waals surface area contributed by atoms with Gasteiger partial charge in [-0.3, -0.25) is 0 Å². The highest BCUT2D eigenvalue weighted by atomic mass is 16.6. The average Bonchev–Trinajstić information content (AvgIpc) is 2.27. The number of fused-ring (bicyclic) bond motifs is 1. The SMILES string of the molecule is CC(C)(C)OC(=O)N[C@H]1CCCc2ccccc21. The lowest BCUT2D eigenvalue weighted by molar-refractivity contribution is 0.0498. The van der Waals surface area contributed by atoms with Crippen LogP contribution in [0.2, 0.25) is 0 Å². The van der Waals surface area contributed by atoms with Crippen LogP contribution in [0.5, 0.6) is 0 Å². The molecular formula is C15H21NO2. The van der Waals surface area contributed by atoms with Crippen molar-refractivity contribution in [3.8, 4) is 0 Å². The Morgan fingerprint density at radius 2 is 2.06 bits per heavy atom. The molecule has 1 aliphatic carbocycles. The third-order valence-corrected chi connectivity index (χ3v) is 3.06. The molecule has 1 N–H and O–H groups in total. The summed E-state index contributed by atoms with van der Waals surface area (Å²) in [6.07, 6.45) is 2.86. The summed E-state index contributed by atoms with van der Waals surface area (Å²) >= 11 is 0. The Labute approximate surface area is 109 Å². The summed E-state index contributed by atoms with van der Waals surface area (Å²) < 4.78 is 5.31. The summed E-state index contributed by atoms with van der Waals surface area (Å²) in [5.41, 5.74) is 2.12. The second-order valence-electron chi connectivity index (χ2n) is 5.79. The van der Waals surface area contributed by atoms with Crippen LogP contribution >= 0.6 is 0 Å². The predicted molar refractivity (Wildman–Crippen MR) is 71.5 cm³/mol. The number of aryl methyl sites for hydroxylation is 1. The Bertz CT molecular complexity index is 434. The van der Waals surface area contributed by atoms with Gasteiger partial charge in [-0.25, -0.2) is 4.79 Å². The van der Waals surface area contributed by atoms with Gasteiger partial charge in [-0.2, -0.15) is 0 Å². The molecule has 0 saturated carbocycles. The van der Waals surface area contributed by atoms with Crippen LogP contribution in [-0.4, -0.2) is 11.7 Å². The average molecular weight is 247 g/mol. The van der Waals surface area contributed by atoms with E-state index in [2.05, 4.69) is 23.5 Å². The molecule has 1 aromatic carbocycles. The summed E-state index contributed by atoms with van der Waals surface area (Å²) in [5.74, 6) is 0. The minimum absolute atomic E-state index is 0.0878. The molecule has 1 amide bonds. The Balaban J connectivity index is 2.05. The largest absolute Gasteiger partial charge is 0.444 e. The normalized spacial score (nSPS) is 18.9. The zero-order valence-electron chi connectivity index (χ0n) is 11.3. The second-order valence-corrected chi connectivity index (χ2v) is 5.79. The number of nitrogens with one attached hydrogen (secondary N) is 1. The fourth-order valence-electron chi connectivity index (χ4n) is 2.35. The van der Waals surface area contributed by atoms with Crippen LogP contribution in [0.1, 0.15) is 50.8 Å². The van der Waals surface area contributed by atoms with Crippen LogP contribution in [0.4, 0.5) is 4.79 Å². The molecule has 18 heavy (non-hydrogen) atoms. The number of benzene rings is 1. The number of alkyl carbamates (subject to hydrolysis) is 1. The van der Waals surface area contributed by atoms with E-state index in [-0.39, 0.29) is 12.1 Å². The maximum absolute atomic E-state index is 11.8. The first-order valence-corrected chi connectivity index (χ1v) is 6.53. The van der Waals surface area contributed by atoms with Gasteiger partial charge in [0, 0.05) is 0 Å². The monoisotopic (exact) mass is 247 g/mol. The third kappa shape index (κ3) is 3.25. The fourth-order valence-corrected chi connectivity index (χ4v) is 2.35. The minimum atomic E-state index is -0.446. The number of carbonyl (C=O) groups excluding carboxylic acids is 1. The highest BCUT2D eigenvalue weighted by Crippen LogP contribution is 2.29. The molecule has 1 atom stereocenters. The number of rotatable bonds is 1. The maximum atomic E-state index is 11.8. The van der Waals surface area contributed by atoms with E-state index in [9.17, 15) is 4.79 Å². The standard InChI is InChI=1S/C15H21NO2/c1-15(2,3)18-14(17)16-13-10-6-8-11-7-4-5-9-12(11)13/h4-5,7,9,13H,6,8,10H2,1-3H3,(H,16,17)/t13-/m0/s1. The molecule has 0 aliphatic heterocycles. The van der Waals surface area contributed by atoms with Gasteiger partial charge in [0.15, 0.2) is 0 Å². The highest BCUT2D eigenvalue weighted by molar-refractivity contribution is 5.68. The van der Waals surface area contributed by atoms with Crippen LogP contribution in [-0.2, 0) is 11.2 Å². The number of hydrogen-bond acceptors (Lipinski definition) is 2. The van der Waals surface area contributed by atoms with E-state index in [4.69, 9.17) is 4.74 Å². The molecule has 0 bridgehead atoms. The number of amides is 1. The fraction of sp³-hybridized carbons (Fsp3) is 0.533. The Kier molecular flexibility index (Phi) is 3.60. The van der Waals surface area contributed by atoms with Crippen molar-refractivity contribution in [1.29, 1.82) is 0 Å². The van der Waals surface area contributed by atoms with Gasteiger partial charge in [0.2, 0.25) is 0 Å². The topological polar surface area (TPSA) is 38.3 Å². The molecule has 3 heteroatoms. The molecule has 2 rings (SSSR count). The molecule has 0 aromatic heterocycles. The molecule has 98 valence electrons. The van der Waals surface area contributed by atoms with Crippen molar-refractivity contribution < 1.29 is 9.53 Å². The van der Waals surface area contributed by atoms with Gasteiger partial charge in [0.1, 0.15) is 5.60 Å². The van der Waals surface area contributed by atoms with Gasteiger partial charge in [-0.1, -0.05) is 24.3 Å².